The molecule has 1 aromatic carbocycles. The highest BCUT2D eigenvalue weighted by atomic mass is 19.1. The van der Waals surface area contributed by atoms with E-state index in [2.05, 4.69) is 37.1 Å². The van der Waals surface area contributed by atoms with Crippen LogP contribution < -0.4 is 15.0 Å². The minimum atomic E-state index is -0.649. The molecule has 194 valence electrons. The van der Waals surface area contributed by atoms with Gasteiger partial charge in [-0.2, -0.15) is 0 Å². The van der Waals surface area contributed by atoms with Gasteiger partial charge >= 0.3 is 0 Å². The van der Waals surface area contributed by atoms with Crippen molar-refractivity contribution in [2.45, 2.75) is 26.7 Å². The molecule has 8 nitrogen and oxygen atoms in total. The molecular weight excluding hydrogens is 476 g/mol. The summed E-state index contributed by atoms with van der Waals surface area (Å²) in [5, 5.41) is 3.13. The average molecular weight is 508 g/mol. The van der Waals surface area contributed by atoms with E-state index in [1.807, 2.05) is 39.0 Å². The number of hydrogen-bond donors (Lipinski definition) is 1. The largest absolute Gasteiger partial charge is 0.494 e. The number of likely N-dealkylation sites (N-methyl/N-ethyl adjacent to an activating group) is 1. The van der Waals surface area contributed by atoms with E-state index in [1.54, 1.807) is 17.7 Å². The Morgan fingerprint density at radius 1 is 1.03 bits per heavy atom. The number of piperazine rings is 1. The van der Waals surface area contributed by atoms with Crippen molar-refractivity contribution in [3.8, 4) is 17.0 Å². The molecule has 0 amide bonds. The van der Waals surface area contributed by atoms with Crippen LogP contribution in [0.1, 0.15) is 31.2 Å². The van der Waals surface area contributed by atoms with E-state index in [0.717, 1.165) is 49.5 Å². The number of aromatic nitrogens is 4. The zero-order valence-electron chi connectivity index (χ0n) is 21.7. The maximum Gasteiger partial charge on any atom is 0.228 e. The molecule has 3 aromatic heterocycles. The lowest BCUT2D eigenvalue weighted by Crippen LogP contribution is -2.44. The molecule has 1 saturated heterocycles. The summed E-state index contributed by atoms with van der Waals surface area (Å²) in [6.45, 7) is 9.74. The molecule has 5 rings (SSSR count). The zero-order chi connectivity index (χ0) is 26.3. The van der Waals surface area contributed by atoms with Gasteiger partial charge in [-0.15, -0.1) is 0 Å². The molecule has 10 heteroatoms. The molecule has 1 aliphatic heterocycles. The van der Waals surface area contributed by atoms with Gasteiger partial charge in [0, 0.05) is 55.4 Å². The van der Waals surface area contributed by atoms with Gasteiger partial charge in [-0.1, -0.05) is 13.8 Å². The molecule has 1 N–H and O–H groups in total. The monoisotopic (exact) mass is 507 g/mol. The summed E-state index contributed by atoms with van der Waals surface area (Å²) in [5.41, 5.74) is 3.82. The van der Waals surface area contributed by atoms with Gasteiger partial charge in [0.25, 0.3) is 0 Å². The van der Waals surface area contributed by atoms with Crippen LogP contribution in [0.4, 0.5) is 26.1 Å². The Morgan fingerprint density at radius 2 is 1.78 bits per heavy atom. The summed E-state index contributed by atoms with van der Waals surface area (Å²) < 4.78 is 37.2. The molecule has 0 spiro atoms. The third-order valence-corrected chi connectivity index (χ3v) is 6.76. The number of imidazole rings is 1. The van der Waals surface area contributed by atoms with Crippen LogP contribution in [0.2, 0.25) is 0 Å². The zero-order valence-corrected chi connectivity index (χ0v) is 21.7. The lowest BCUT2D eigenvalue weighted by Gasteiger charge is -2.34. The van der Waals surface area contributed by atoms with Gasteiger partial charge in [0.1, 0.15) is 11.4 Å². The number of nitrogens with zero attached hydrogens (tertiary/aromatic N) is 6. The second-order valence-electron chi connectivity index (χ2n) is 9.70. The number of methoxy groups -OCH3 is 1. The van der Waals surface area contributed by atoms with Crippen molar-refractivity contribution in [1.82, 2.24) is 24.3 Å². The number of benzene rings is 1. The van der Waals surface area contributed by atoms with Gasteiger partial charge in [0.15, 0.2) is 17.3 Å². The van der Waals surface area contributed by atoms with Crippen LogP contribution in [0.5, 0.6) is 5.75 Å². The first kappa shape index (κ1) is 24.9. The second kappa shape index (κ2) is 9.93. The van der Waals surface area contributed by atoms with Crippen molar-refractivity contribution >= 4 is 23.0 Å². The summed E-state index contributed by atoms with van der Waals surface area (Å²) in [5.74, 6) is -0.286. The summed E-state index contributed by atoms with van der Waals surface area (Å²) in [4.78, 5) is 17.5. The molecule has 37 heavy (non-hydrogen) atoms. The predicted molar refractivity (Wildman–Crippen MR) is 141 cm³/mol. The van der Waals surface area contributed by atoms with Crippen molar-refractivity contribution in [3.63, 3.8) is 0 Å². The number of halogens is 2. The predicted octanol–water partition coefficient (Wildman–Crippen LogP) is 5.01. The van der Waals surface area contributed by atoms with Gasteiger partial charge in [-0.05, 0) is 38.1 Å². The number of nitrogens with one attached hydrogen (secondary N) is 1. The first-order valence-electron chi connectivity index (χ1n) is 12.3. The minimum absolute atomic E-state index is 0.00705. The smallest absolute Gasteiger partial charge is 0.228 e. The molecule has 1 fully saturated rings. The number of hydrogen-bond acceptors (Lipinski definition) is 7. The standard InChI is InChI=1S/C27H31F2N7O/c1-16(2)25-17(3)31-26-20(28)12-18(15-36(25)26)24-21(29)14-30-27(33-24)32-22-7-6-19(13-23(22)37-5)35-10-8-34(4)9-11-35/h6-7,12-16H,8-11H2,1-5H3,(H,30,32,33). The maximum atomic E-state index is 15.0. The quantitative estimate of drug-likeness (QED) is 0.394. The number of pyridine rings is 1. The van der Waals surface area contributed by atoms with Crippen LogP contribution in [0.15, 0.2) is 36.7 Å². The van der Waals surface area contributed by atoms with Gasteiger partial charge in [0.05, 0.1) is 24.7 Å². The van der Waals surface area contributed by atoms with Crippen LogP contribution in [-0.2, 0) is 0 Å². The first-order valence-corrected chi connectivity index (χ1v) is 12.3. The molecule has 4 aromatic rings. The van der Waals surface area contributed by atoms with E-state index in [9.17, 15) is 8.78 Å². The van der Waals surface area contributed by atoms with Gasteiger partial charge in [-0.25, -0.2) is 23.7 Å². The van der Waals surface area contributed by atoms with Crippen molar-refractivity contribution in [1.29, 1.82) is 0 Å². The highest BCUT2D eigenvalue weighted by Gasteiger charge is 2.20. The Kier molecular flexibility index (Phi) is 6.68. The van der Waals surface area contributed by atoms with E-state index in [1.165, 1.54) is 6.07 Å². The second-order valence-corrected chi connectivity index (χ2v) is 9.70. The van der Waals surface area contributed by atoms with Crippen LogP contribution in [0.3, 0.4) is 0 Å². The van der Waals surface area contributed by atoms with Crippen LogP contribution in [0, 0.1) is 18.6 Å². The van der Waals surface area contributed by atoms with Crippen molar-refractivity contribution < 1.29 is 13.5 Å². The van der Waals surface area contributed by atoms with E-state index in [0.29, 0.717) is 17.0 Å². The molecule has 0 aliphatic carbocycles. The van der Waals surface area contributed by atoms with E-state index in [4.69, 9.17) is 4.74 Å². The maximum absolute atomic E-state index is 15.0. The van der Waals surface area contributed by atoms with Gasteiger partial charge in [-0.3, -0.25) is 0 Å². The molecule has 0 atom stereocenters. The minimum Gasteiger partial charge on any atom is -0.494 e. The Labute approximate surface area is 214 Å². The lowest BCUT2D eigenvalue weighted by molar-refractivity contribution is 0.312. The fourth-order valence-electron chi connectivity index (χ4n) is 4.86. The number of anilines is 3. The molecule has 4 heterocycles. The Hall–Kier alpha value is -3.79. The topological polar surface area (TPSA) is 70.8 Å². The van der Waals surface area contributed by atoms with Crippen LogP contribution >= 0.6 is 0 Å². The molecule has 0 bridgehead atoms. The number of ether oxygens (including phenoxy) is 1. The number of fused-ring (bicyclic) bond motifs is 1. The fourth-order valence-corrected chi connectivity index (χ4v) is 4.86. The van der Waals surface area contributed by atoms with Gasteiger partial charge < -0.3 is 24.3 Å². The summed E-state index contributed by atoms with van der Waals surface area (Å²) in [7, 11) is 3.72. The number of rotatable bonds is 6. The van der Waals surface area contributed by atoms with Gasteiger partial charge in [0.2, 0.25) is 5.95 Å². The molecule has 1 aliphatic rings. The molecule has 0 radical (unpaired) electrons. The third kappa shape index (κ3) is 4.81. The summed E-state index contributed by atoms with van der Waals surface area (Å²) in [6.07, 6.45) is 2.76. The SMILES string of the molecule is COc1cc(N2CCN(C)CC2)ccc1Nc1ncc(F)c(-c2cc(F)c3nc(C)c(C(C)C)n3c2)n1. The summed E-state index contributed by atoms with van der Waals surface area (Å²) in [6, 6.07) is 7.13. The highest BCUT2D eigenvalue weighted by Crippen LogP contribution is 2.33. The van der Waals surface area contributed by atoms with E-state index in [-0.39, 0.29) is 23.2 Å². The highest BCUT2D eigenvalue weighted by molar-refractivity contribution is 5.70. The third-order valence-electron chi connectivity index (χ3n) is 6.76. The Bertz CT molecular complexity index is 1440. The summed E-state index contributed by atoms with van der Waals surface area (Å²) >= 11 is 0. The van der Waals surface area contributed by atoms with Crippen LogP contribution in [0.25, 0.3) is 16.9 Å². The van der Waals surface area contributed by atoms with Crippen LogP contribution in [-0.4, -0.2) is 64.6 Å². The Morgan fingerprint density at radius 3 is 2.49 bits per heavy atom. The fraction of sp³-hybridized carbons (Fsp3) is 0.370. The van der Waals surface area contributed by atoms with Crippen molar-refractivity contribution in [2.24, 2.45) is 0 Å². The Balaban J connectivity index is 1.47. The van der Waals surface area contributed by atoms with Crippen molar-refractivity contribution in [3.05, 3.63) is 59.7 Å². The average Bonchev–Trinajstić information content (AvgIpc) is 3.22. The molecular formula is C27H31F2N7O. The lowest BCUT2D eigenvalue weighted by atomic mass is 10.1. The number of aryl methyl sites for hydroxylation is 1. The van der Waals surface area contributed by atoms with E-state index < -0.39 is 11.6 Å². The van der Waals surface area contributed by atoms with E-state index >= 15 is 0 Å². The molecule has 0 saturated carbocycles. The van der Waals surface area contributed by atoms with Crippen molar-refractivity contribution in [2.75, 3.05) is 50.6 Å². The normalized spacial score (nSPS) is 14.5. The molecule has 0 unspecified atom stereocenters. The first-order chi connectivity index (χ1) is 17.7.